The van der Waals surface area contributed by atoms with Gasteiger partial charge in [-0.25, -0.2) is 0 Å². The largest absolute Gasteiger partial charge is 0.330 e. The van der Waals surface area contributed by atoms with Gasteiger partial charge in [0, 0.05) is 31.1 Å². The molecule has 2 heterocycles. The minimum atomic E-state index is -3.39. The van der Waals surface area contributed by atoms with Gasteiger partial charge >= 0.3 is 0 Å². The Bertz CT molecular complexity index is 527. The minimum Gasteiger partial charge on any atom is -0.330 e. The van der Waals surface area contributed by atoms with Crippen LogP contribution in [0.15, 0.2) is 11.4 Å². The van der Waals surface area contributed by atoms with E-state index < -0.39 is 10.2 Å². The molecule has 0 aliphatic carbocycles. The highest BCUT2D eigenvalue weighted by Crippen LogP contribution is 2.34. The normalized spacial score (nSPS) is 20.7. The Balaban J connectivity index is 2.18. The zero-order chi connectivity index (χ0) is 14.0. The lowest BCUT2D eigenvalue weighted by Crippen LogP contribution is -2.46. The Labute approximate surface area is 119 Å². The van der Waals surface area contributed by atoms with Crippen molar-refractivity contribution in [3.63, 3.8) is 0 Å². The van der Waals surface area contributed by atoms with E-state index in [1.54, 1.807) is 22.7 Å². The van der Waals surface area contributed by atoms with Crippen molar-refractivity contribution in [1.29, 1.82) is 0 Å². The number of nitrogens with two attached hydrogens (primary N) is 1. The van der Waals surface area contributed by atoms with Crippen molar-refractivity contribution in [2.24, 2.45) is 5.73 Å². The monoisotopic (exact) mass is 303 g/mol. The van der Waals surface area contributed by atoms with Gasteiger partial charge in [-0.3, -0.25) is 0 Å². The Morgan fingerprint density at radius 2 is 2.32 bits per heavy atom. The van der Waals surface area contributed by atoms with Crippen LogP contribution in [0.4, 0.5) is 0 Å². The van der Waals surface area contributed by atoms with E-state index in [0.29, 0.717) is 26.1 Å². The third kappa shape index (κ3) is 2.85. The van der Waals surface area contributed by atoms with Crippen LogP contribution in [-0.4, -0.2) is 43.7 Å². The second-order valence-electron chi connectivity index (χ2n) is 4.81. The van der Waals surface area contributed by atoms with E-state index in [-0.39, 0.29) is 6.04 Å². The molecule has 2 N–H and O–H groups in total. The number of hydrogen-bond donors (Lipinski definition) is 1. The molecule has 1 atom stereocenters. The molecule has 108 valence electrons. The SMILES string of the molecule is CC1c2ccsc2CCN1S(=O)(=O)N(C)CCCN. The van der Waals surface area contributed by atoms with Crippen molar-refractivity contribution < 1.29 is 8.42 Å². The minimum absolute atomic E-state index is 0.0830. The summed E-state index contributed by atoms with van der Waals surface area (Å²) in [5, 5.41) is 2.04. The average molecular weight is 303 g/mol. The van der Waals surface area contributed by atoms with Crippen LogP contribution in [0, 0.1) is 0 Å². The van der Waals surface area contributed by atoms with Crippen LogP contribution >= 0.6 is 11.3 Å². The fourth-order valence-electron chi connectivity index (χ4n) is 2.41. The highest BCUT2D eigenvalue weighted by molar-refractivity contribution is 7.86. The first kappa shape index (κ1) is 14.9. The molecule has 1 aliphatic rings. The van der Waals surface area contributed by atoms with Crippen molar-refractivity contribution >= 4 is 21.5 Å². The molecule has 0 bridgehead atoms. The summed E-state index contributed by atoms with van der Waals surface area (Å²) in [6, 6.07) is 1.95. The van der Waals surface area contributed by atoms with Gasteiger partial charge in [-0.15, -0.1) is 11.3 Å². The summed E-state index contributed by atoms with van der Waals surface area (Å²) in [4.78, 5) is 1.31. The molecule has 19 heavy (non-hydrogen) atoms. The quantitative estimate of drug-likeness (QED) is 0.888. The maximum absolute atomic E-state index is 12.5. The molecule has 0 spiro atoms. The number of fused-ring (bicyclic) bond motifs is 1. The number of rotatable bonds is 5. The summed E-state index contributed by atoms with van der Waals surface area (Å²) in [7, 11) is -1.76. The predicted octanol–water partition coefficient (Wildman–Crippen LogP) is 1.19. The van der Waals surface area contributed by atoms with Crippen LogP contribution in [0.5, 0.6) is 0 Å². The molecule has 5 nitrogen and oxygen atoms in total. The Hall–Kier alpha value is -0.470. The summed E-state index contributed by atoms with van der Waals surface area (Å²) < 4.78 is 28.1. The van der Waals surface area contributed by atoms with Gasteiger partial charge in [-0.1, -0.05) is 0 Å². The molecular formula is C12H21N3O2S2. The van der Waals surface area contributed by atoms with Gasteiger partial charge in [-0.2, -0.15) is 17.0 Å². The Morgan fingerprint density at radius 3 is 3.00 bits per heavy atom. The fraction of sp³-hybridized carbons (Fsp3) is 0.667. The molecule has 0 fully saturated rings. The molecule has 0 saturated carbocycles. The van der Waals surface area contributed by atoms with E-state index in [9.17, 15) is 8.42 Å². The van der Waals surface area contributed by atoms with Gasteiger partial charge in [-0.05, 0) is 43.3 Å². The second-order valence-corrected chi connectivity index (χ2v) is 7.80. The van der Waals surface area contributed by atoms with Crippen LogP contribution < -0.4 is 5.73 Å². The molecule has 0 aromatic carbocycles. The molecule has 7 heteroatoms. The van der Waals surface area contributed by atoms with E-state index in [1.165, 1.54) is 9.18 Å². The Morgan fingerprint density at radius 1 is 1.58 bits per heavy atom. The smallest absolute Gasteiger partial charge is 0.282 e. The molecule has 0 saturated heterocycles. The first-order chi connectivity index (χ1) is 8.98. The maximum atomic E-state index is 12.5. The molecule has 2 rings (SSSR count). The number of thiophene rings is 1. The van der Waals surface area contributed by atoms with Crippen LogP contribution in [-0.2, 0) is 16.6 Å². The van der Waals surface area contributed by atoms with Crippen molar-refractivity contribution in [3.8, 4) is 0 Å². The van der Waals surface area contributed by atoms with Gasteiger partial charge in [0.2, 0.25) is 0 Å². The molecule has 0 amide bonds. The molecule has 1 aromatic heterocycles. The predicted molar refractivity (Wildman–Crippen MR) is 78.4 cm³/mol. The average Bonchev–Trinajstić information content (AvgIpc) is 2.85. The van der Waals surface area contributed by atoms with Gasteiger partial charge in [0.25, 0.3) is 10.2 Å². The first-order valence-electron chi connectivity index (χ1n) is 6.48. The lowest BCUT2D eigenvalue weighted by molar-refractivity contribution is 0.298. The summed E-state index contributed by atoms with van der Waals surface area (Å²) in [6.45, 7) is 3.49. The van der Waals surface area contributed by atoms with E-state index >= 15 is 0 Å². The van der Waals surface area contributed by atoms with Crippen molar-refractivity contribution in [1.82, 2.24) is 8.61 Å². The van der Waals surface area contributed by atoms with E-state index in [0.717, 1.165) is 12.0 Å². The zero-order valence-electron chi connectivity index (χ0n) is 11.4. The van der Waals surface area contributed by atoms with E-state index in [4.69, 9.17) is 5.73 Å². The summed E-state index contributed by atoms with van der Waals surface area (Å²) in [5.41, 5.74) is 6.59. The third-order valence-corrected chi connectivity index (χ3v) is 6.65. The second kappa shape index (κ2) is 5.88. The molecule has 0 radical (unpaired) electrons. The first-order valence-corrected chi connectivity index (χ1v) is 8.75. The van der Waals surface area contributed by atoms with Crippen molar-refractivity contribution in [3.05, 3.63) is 21.9 Å². The summed E-state index contributed by atoms with van der Waals surface area (Å²) in [6.07, 6.45) is 1.49. The standard InChI is InChI=1S/C12H21N3O2S2/c1-10-11-5-9-18-12(11)4-8-15(10)19(16,17)14(2)7-3-6-13/h5,9-10H,3-4,6-8,13H2,1-2H3. The summed E-state index contributed by atoms with van der Waals surface area (Å²) >= 11 is 1.71. The van der Waals surface area contributed by atoms with Crippen LogP contribution in [0.1, 0.15) is 29.8 Å². The van der Waals surface area contributed by atoms with E-state index in [2.05, 4.69) is 0 Å². The van der Waals surface area contributed by atoms with Gasteiger partial charge < -0.3 is 5.73 Å². The van der Waals surface area contributed by atoms with Crippen LogP contribution in [0.2, 0.25) is 0 Å². The number of hydrogen-bond acceptors (Lipinski definition) is 4. The van der Waals surface area contributed by atoms with E-state index in [1.807, 2.05) is 18.4 Å². The topological polar surface area (TPSA) is 66.6 Å². The summed E-state index contributed by atoms with van der Waals surface area (Å²) in [5.74, 6) is 0. The van der Waals surface area contributed by atoms with Gasteiger partial charge in [0.1, 0.15) is 0 Å². The zero-order valence-corrected chi connectivity index (χ0v) is 13.0. The van der Waals surface area contributed by atoms with Crippen molar-refractivity contribution in [2.75, 3.05) is 26.7 Å². The van der Waals surface area contributed by atoms with Crippen molar-refractivity contribution in [2.45, 2.75) is 25.8 Å². The Kier molecular flexibility index (Phi) is 4.62. The molecule has 1 unspecified atom stereocenters. The lowest BCUT2D eigenvalue weighted by atomic mass is 10.0. The van der Waals surface area contributed by atoms with Gasteiger partial charge in [0.05, 0.1) is 0 Å². The molecule has 1 aromatic rings. The van der Waals surface area contributed by atoms with Crippen LogP contribution in [0.25, 0.3) is 0 Å². The lowest BCUT2D eigenvalue weighted by Gasteiger charge is -2.35. The van der Waals surface area contributed by atoms with Crippen LogP contribution in [0.3, 0.4) is 0 Å². The fourth-order valence-corrected chi connectivity index (χ4v) is 4.93. The molecule has 1 aliphatic heterocycles. The number of nitrogens with zero attached hydrogens (tertiary/aromatic N) is 2. The molecular weight excluding hydrogens is 282 g/mol. The highest BCUT2D eigenvalue weighted by Gasteiger charge is 2.35. The highest BCUT2D eigenvalue weighted by atomic mass is 32.2. The third-order valence-electron chi connectivity index (χ3n) is 3.59. The van der Waals surface area contributed by atoms with Gasteiger partial charge in [0.15, 0.2) is 0 Å². The maximum Gasteiger partial charge on any atom is 0.282 e.